The van der Waals surface area contributed by atoms with Gasteiger partial charge in [-0.25, -0.2) is 4.98 Å². The van der Waals surface area contributed by atoms with Gasteiger partial charge >= 0.3 is 0 Å². The lowest BCUT2D eigenvalue weighted by molar-refractivity contribution is -0.119. The summed E-state index contributed by atoms with van der Waals surface area (Å²) in [5.74, 6) is 0.762. The van der Waals surface area contributed by atoms with Crippen LogP contribution >= 0.6 is 0 Å². The second-order valence-corrected chi connectivity index (χ2v) is 6.87. The van der Waals surface area contributed by atoms with E-state index in [9.17, 15) is 9.59 Å². The summed E-state index contributed by atoms with van der Waals surface area (Å²) in [5, 5.41) is 2.94. The molecule has 0 unspecified atom stereocenters. The van der Waals surface area contributed by atoms with Crippen molar-refractivity contribution in [2.45, 2.75) is 40.7 Å². The Labute approximate surface area is 151 Å². The molecule has 1 N–H and O–H groups in total. The smallest absolute Gasteiger partial charge is 0.277 e. The van der Waals surface area contributed by atoms with Crippen LogP contribution in [0.1, 0.15) is 37.1 Å². The van der Waals surface area contributed by atoms with Crippen LogP contribution in [0, 0.1) is 19.8 Å². The number of fused-ring (bicyclic) bond motifs is 1. The number of rotatable bonds is 5. The zero-order chi connectivity index (χ0) is 18.8. The molecule has 0 radical (unpaired) electrons. The van der Waals surface area contributed by atoms with Crippen molar-refractivity contribution in [3.8, 4) is 0 Å². The molecule has 2 heterocycles. The predicted molar refractivity (Wildman–Crippen MR) is 100 cm³/mol. The lowest BCUT2D eigenvalue weighted by atomic mass is 10.1. The highest BCUT2D eigenvalue weighted by atomic mass is 16.2. The fourth-order valence-electron chi connectivity index (χ4n) is 2.72. The number of H-pyrrole nitrogens is 1. The van der Waals surface area contributed by atoms with Gasteiger partial charge in [0.25, 0.3) is 11.3 Å². The number of nitrogens with one attached hydrogen (secondary N) is 1. The second-order valence-electron chi connectivity index (χ2n) is 6.87. The van der Waals surface area contributed by atoms with Crippen molar-refractivity contribution in [1.29, 1.82) is 0 Å². The van der Waals surface area contributed by atoms with Gasteiger partial charge in [0, 0.05) is 17.7 Å². The molecule has 136 valence electrons. The Balaban J connectivity index is 2.06. The summed E-state index contributed by atoms with van der Waals surface area (Å²) in [6, 6.07) is 9.70. The highest BCUT2D eigenvalue weighted by Crippen LogP contribution is 2.17. The molecule has 3 aromatic rings. The lowest BCUT2D eigenvalue weighted by Gasteiger charge is -2.20. The van der Waals surface area contributed by atoms with Gasteiger partial charge in [0.1, 0.15) is 0 Å². The molecule has 2 aromatic heterocycles. The van der Waals surface area contributed by atoms with Crippen LogP contribution in [-0.4, -0.2) is 25.5 Å². The summed E-state index contributed by atoms with van der Waals surface area (Å²) >= 11 is 0. The van der Waals surface area contributed by atoms with E-state index in [1.165, 1.54) is 4.52 Å². The summed E-state index contributed by atoms with van der Waals surface area (Å²) in [4.78, 5) is 35.6. The zero-order valence-electron chi connectivity index (χ0n) is 15.5. The molecule has 1 aromatic carbocycles. The lowest BCUT2D eigenvalue weighted by Crippen LogP contribution is -2.32. The number of carbonyl (C=O) groups is 1. The van der Waals surface area contributed by atoms with Crippen molar-refractivity contribution in [2.75, 3.05) is 4.90 Å². The SMILES string of the molecule is Cc1nc2nc(N(Cc3ccccc3)C(=O)CC(C)C)[nH]n2c(=O)c1C. The fraction of sp³-hybridized carbons (Fsp3) is 0.368. The minimum atomic E-state index is -0.206. The molecule has 0 fully saturated rings. The van der Waals surface area contributed by atoms with Gasteiger partial charge in [0.05, 0.1) is 6.54 Å². The Morgan fingerprint density at radius 1 is 1.19 bits per heavy atom. The van der Waals surface area contributed by atoms with Crippen molar-refractivity contribution >= 4 is 17.6 Å². The number of hydrogen-bond donors (Lipinski definition) is 1. The first-order valence-electron chi connectivity index (χ1n) is 8.67. The van der Waals surface area contributed by atoms with Crippen LogP contribution in [0.2, 0.25) is 0 Å². The van der Waals surface area contributed by atoms with Crippen molar-refractivity contribution < 1.29 is 4.79 Å². The van der Waals surface area contributed by atoms with Gasteiger partial charge in [-0.15, -0.1) is 0 Å². The second kappa shape index (κ2) is 7.11. The van der Waals surface area contributed by atoms with Crippen LogP contribution < -0.4 is 10.5 Å². The number of amides is 1. The van der Waals surface area contributed by atoms with Gasteiger partial charge in [-0.05, 0) is 25.3 Å². The molecule has 0 bridgehead atoms. The number of anilines is 1. The Morgan fingerprint density at radius 3 is 2.54 bits per heavy atom. The standard InChI is InChI=1S/C19H23N5O2/c1-12(2)10-16(25)23(11-15-8-6-5-7-9-15)19-21-18-20-14(4)13(3)17(26)24(18)22-19/h5-9,12H,10-11H2,1-4H3,(H,20,21,22). The number of benzene rings is 1. The molecule has 0 saturated heterocycles. The topological polar surface area (TPSA) is 83.4 Å². The normalized spacial score (nSPS) is 11.3. The Morgan fingerprint density at radius 2 is 1.88 bits per heavy atom. The van der Waals surface area contributed by atoms with Crippen molar-refractivity contribution in [3.63, 3.8) is 0 Å². The zero-order valence-corrected chi connectivity index (χ0v) is 15.5. The molecule has 0 aliphatic heterocycles. The average molecular weight is 353 g/mol. The predicted octanol–water partition coefficient (Wildman–Crippen LogP) is 2.61. The first-order valence-corrected chi connectivity index (χ1v) is 8.67. The molecular weight excluding hydrogens is 330 g/mol. The van der Waals surface area contributed by atoms with Crippen molar-refractivity contribution in [1.82, 2.24) is 19.6 Å². The summed E-state index contributed by atoms with van der Waals surface area (Å²) in [6.45, 7) is 7.87. The van der Waals surface area contributed by atoms with Gasteiger partial charge < -0.3 is 0 Å². The monoisotopic (exact) mass is 353 g/mol. The molecule has 0 aliphatic carbocycles. The average Bonchev–Trinajstić information content (AvgIpc) is 3.01. The van der Waals surface area contributed by atoms with E-state index < -0.39 is 0 Å². The Bertz CT molecular complexity index is 988. The van der Waals surface area contributed by atoms with Crippen LogP contribution in [0.15, 0.2) is 35.1 Å². The number of hydrogen-bond acceptors (Lipinski definition) is 4. The fourth-order valence-corrected chi connectivity index (χ4v) is 2.72. The van der Waals surface area contributed by atoms with E-state index in [4.69, 9.17) is 0 Å². The van der Waals surface area contributed by atoms with E-state index in [-0.39, 0.29) is 23.2 Å². The maximum atomic E-state index is 12.8. The van der Waals surface area contributed by atoms with Crippen molar-refractivity contribution in [2.24, 2.45) is 5.92 Å². The number of nitrogens with zero attached hydrogens (tertiary/aromatic N) is 4. The third-order valence-electron chi connectivity index (χ3n) is 4.28. The van der Waals surface area contributed by atoms with E-state index in [1.54, 1.807) is 18.7 Å². The van der Waals surface area contributed by atoms with E-state index in [0.29, 0.717) is 30.2 Å². The molecule has 0 spiro atoms. The minimum Gasteiger partial charge on any atom is -0.277 e. The van der Waals surface area contributed by atoms with Crippen LogP contribution in [0.5, 0.6) is 0 Å². The van der Waals surface area contributed by atoms with E-state index in [1.807, 2.05) is 44.2 Å². The van der Waals surface area contributed by atoms with E-state index in [2.05, 4.69) is 15.1 Å². The van der Waals surface area contributed by atoms with E-state index >= 15 is 0 Å². The number of aromatic nitrogens is 4. The molecule has 0 aliphatic rings. The molecular formula is C19H23N5O2. The summed E-state index contributed by atoms with van der Waals surface area (Å²) in [5.41, 5.74) is 1.97. The third kappa shape index (κ3) is 3.51. The van der Waals surface area contributed by atoms with Gasteiger partial charge in [0.15, 0.2) is 0 Å². The van der Waals surface area contributed by atoms with Gasteiger partial charge in [-0.1, -0.05) is 44.2 Å². The van der Waals surface area contributed by atoms with Gasteiger partial charge in [-0.2, -0.15) is 9.50 Å². The minimum absolute atomic E-state index is 0.0515. The Hall–Kier alpha value is -2.96. The largest absolute Gasteiger partial charge is 0.277 e. The van der Waals surface area contributed by atoms with Crippen molar-refractivity contribution in [3.05, 3.63) is 57.5 Å². The van der Waals surface area contributed by atoms with Gasteiger partial charge in [0.2, 0.25) is 11.9 Å². The maximum absolute atomic E-state index is 12.8. The molecule has 1 amide bonds. The highest BCUT2D eigenvalue weighted by molar-refractivity contribution is 5.91. The number of carbonyl (C=O) groups excluding carboxylic acids is 1. The quantitative estimate of drug-likeness (QED) is 0.764. The van der Waals surface area contributed by atoms with E-state index in [0.717, 1.165) is 5.56 Å². The number of aryl methyl sites for hydroxylation is 1. The third-order valence-corrected chi connectivity index (χ3v) is 4.28. The van der Waals surface area contributed by atoms with Gasteiger partial charge in [-0.3, -0.25) is 19.6 Å². The highest BCUT2D eigenvalue weighted by Gasteiger charge is 2.22. The molecule has 7 nitrogen and oxygen atoms in total. The molecule has 26 heavy (non-hydrogen) atoms. The van der Waals surface area contributed by atoms with Crippen LogP contribution in [0.4, 0.5) is 5.95 Å². The summed E-state index contributed by atoms with van der Waals surface area (Å²) in [7, 11) is 0. The van der Waals surface area contributed by atoms with Crippen LogP contribution in [0.25, 0.3) is 5.78 Å². The Kier molecular flexibility index (Phi) is 4.88. The molecule has 0 saturated carbocycles. The van der Waals surface area contributed by atoms with Crippen LogP contribution in [0.3, 0.4) is 0 Å². The molecule has 0 atom stereocenters. The summed E-state index contributed by atoms with van der Waals surface area (Å²) < 4.78 is 1.29. The first-order chi connectivity index (χ1) is 12.4. The molecule has 7 heteroatoms. The number of aromatic amines is 1. The maximum Gasteiger partial charge on any atom is 0.277 e. The van der Waals surface area contributed by atoms with Crippen LogP contribution in [-0.2, 0) is 11.3 Å². The summed E-state index contributed by atoms with van der Waals surface area (Å²) in [6.07, 6.45) is 0.393. The molecule has 3 rings (SSSR count). The first kappa shape index (κ1) is 17.8.